The number of carbonyl (C=O) groups excluding carboxylic acids is 2. The van der Waals surface area contributed by atoms with Gasteiger partial charge in [0.2, 0.25) is 5.91 Å². The normalized spacial score (nSPS) is 22.3. The molecule has 2 aliphatic rings. The summed E-state index contributed by atoms with van der Waals surface area (Å²) in [5.41, 5.74) is 1.28. The van der Waals surface area contributed by atoms with Crippen molar-refractivity contribution in [2.75, 3.05) is 38.1 Å². The Morgan fingerprint density at radius 2 is 1.93 bits per heavy atom. The van der Waals surface area contributed by atoms with E-state index >= 15 is 0 Å². The van der Waals surface area contributed by atoms with Crippen LogP contribution in [0.25, 0.3) is 0 Å². The number of anilines is 1. The first-order valence-electron chi connectivity index (χ1n) is 9.81. The minimum Gasteiger partial charge on any atom is -0.334 e. The van der Waals surface area contributed by atoms with E-state index in [2.05, 4.69) is 5.32 Å². The molecule has 0 radical (unpaired) electrons. The minimum atomic E-state index is -0.364. The monoisotopic (exact) mass is 396 g/mol. The average molecular weight is 396 g/mol. The molecule has 4 rings (SSSR count). The molecule has 1 N–H and O–H groups in total. The first-order valence-corrected chi connectivity index (χ1v) is 9.81. The third-order valence-corrected chi connectivity index (χ3v) is 5.96. The summed E-state index contributed by atoms with van der Waals surface area (Å²) in [4.78, 5) is 30.8. The molecule has 7 heteroatoms. The number of nitrogens with one attached hydrogen (secondary N) is 1. The third-order valence-electron chi connectivity index (χ3n) is 5.96. The highest BCUT2D eigenvalue weighted by Gasteiger charge is 2.48. The van der Waals surface area contributed by atoms with Gasteiger partial charge in [-0.25, -0.2) is 9.18 Å². The van der Waals surface area contributed by atoms with Crippen molar-refractivity contribution in [2.45, 2.75) is 18.5 Å². The fraction of sp³-hybridized carbons (Fsp3) is 0.364. The van der Waals surface area contributed by atoms with Gasteiger partial charge in [0.25, 0.3) is 0 Å². The molecule has 3 amide bonds. The van der Waals surface area contributed by atoms with E-state index in [4.69, 9.17) is 0 Å². The zero-order chi connectivity index (χ0) is 20.4. The Balaban J connectivity index is 1.44. The number of carbonyl (C=O) groups is 2. The Hall–Kier alpha value is -2.93. The first kappa shape index (κ1) is 19.4. The molecule has 6 nitrogen and oxygen atoms in total. The van der Waals surface area contributed by atoms with Crippen molar-refractivity contribution in [1.29, 1.82) is 0 Å². The minimum absolute atomic E-state index is 0.0595. The SMILES string of the molecule is CN1CC(=O)N(c2cccc(F)c2)CC12CCN(C(=O)NCc1ccccc1)C2. The van der Waals surface area contributed by atoms with Crippen LogP contribution in [-0.2, 0) is 11.3 Å². The largest absolute Gasteiger partial charge is 0.334 e. The van der Waals surface area contributed by atoms with Crippen molar-refractivity contribution in [3.8, 4) is 0 Å². The molecule has 2 fully saturated rings. The van der Waals surface area contributed by atoms with Crippen LogP contribution in [0.2, 0.25) is 0 Å². The van der Waals surface area contributed by atoms with E-state index in [0.717, 1.165) is 12.0 Å². The molecular formula is C22H25FN4O2. The van der Waals surface area contributed by atoms with E-state index in [1.165, 1.54) is 12.1 Å². The van der Waals surface area contributed by atoms with E-state index in [1.807, 2.05) is 42.3 Å². The maximum absolute atomic E-state index is 13.7. The lowest BCUT2D eigenvalue weighted by Gasteiger charge is -2.46. The van der Waals surface area contributed by atoms with Crippen molar-refractivity contribution < 1.29 is 14.0 Å². The van der Waals surface area contributed by atoms with Crippen LogP contribution in [0.3, 0.4) is 0 Å². The standard InChI is InChI=1S/C22H25FN4O2/c1-25-14-20(28)27(19-9-5-8-18(23)12-19)16-22(25)10-11-26(15-22)21(29)24-13-17-6-3-2-4-7-17/h2-9,12H,10-11,13-16H2,1H3,(H,24,29). The lowest BCUT2D eigenvalue weighted by atomic mass is 9.92. The molecule has 0 saturated carbocycles. The number of hydrogen-bond acceptors (Lipinski definition) is 3. The summed E-state index contributed by atoms with van der Waals surface area (Å²) in [6.07, 6.45) is 0.765. The fourth-order valence-corrected chi connectivity index (χ4v) is 4.19. The number of amides is 3. The summed E-state index contributed by atoms with van der Waals surface area (Å²) in [7, 11) is 1.92. The van der Waals surface area contributed by atoms with E-state index in [-0.39, 0.29) is 29.8 Å². The Labute approximate surface area is 169 Å². The third kappa shape index (κ3) is 3.96. The van der Waals surface area contributed by atoms with E-state index in [0.29, 0.717) is 31.9 Å². The lowest BCUT2D eigenvalue weighted by Crippen LogP contribution is -2.64. The van der Waals surface area contributed by atoms with Crippen molar-refractivity contribution >= 4 is 17.6 Å². The summed E-state index contributed by atoms with van der Waals surface area (Å²) in [6, 6.07) is 15.8. The number of urea groups is 1. The highest BCUT2D eigenvalue weighted by molar-refractivity contribution is 5.96. The van der Waals surface area contributed by atoms with Gasteiger partial charge in [0.1, 0.15) is 5.82 Å². The maximum atomic E-state index is 13.7. The molecule has 2 aromatic carbocycles. The predicted molar refractivity (Wildman–Crippen MR) is 109 cm³/mol. The molecule has 1 unspecified atom stereocenters. The van der Waals surface area contributed by atoms with Crippen molar-refractivity contribution in [1.82, 2.24) is 15.1 Å². The van der Waals surface area contributed by atoms with E-state index in [9.17, 15) is 14.0 Å². The molecule has 2 aromatic rings. The highest BCUT2D eigenvalue weighted by Crippen LogP contribution is 2.33. The molecule has 1 atom stereocenters. The van der Waals surface area contributed by atoms with Crippen molar-refractivity contribution in [3.05, 3.63) is 66.0 Å². The summed E-state index contributed by atoms with van der Waals surface area (Å²) < 4.78 is 13.7. The van der Waals surface area contributed by atoms with Gasteiger partial charge in [0.05, 0.1) is 12.1 Å². The summed E-state index contributed by atoms with van der Waals surface area (Å²) in [5.74, 6) is -0.424. The lowest BCUT2D eigenvalue weighted by molar-refractivity contribution is -0.123. The van der Waals surface area contributed by atoms with Crippen LogP contribution in [0.1, 0.15) is 12.0 Å². The van der Waals surface area contributed by atoms with Crippen molar-refractivity contribution in [2.24, 2.45) is 0 Å². The Morgan fingerprint density at radius 1 is 1.14 bits per heavy atom. The number of likely N-dealkylation sites (N-methyl/N-ethyl adjacent to an activating group) is 1. The second-order valence-electron chi connectivity index (χ2n) is 7.86. The summed E-state index contributed by atoms with van der Waals surface area (Å²) in [5, 5.41) is 2.98. The smallest absolute Gasteiger partial charge is 0.317 e. The maximum Gasteiger partial charge on any atom is 0.317 e. The van der Waals surface area contributed by atoms with Gasteiger partial charge in [0, 0.05) is 31.9 Å². The number of nitrogens with zero attached hydrogens (tertiary/aromatic N) is 3. The number of likely N-dealkylation sites (tertiary alicyclic amines) is 1. The molecule has 1 spiro atoms. The van der Waals surface area contributed by atoms with Gasteiger partial charge in [-0.1, -0.05) is 36.4 Å². The van der Waals surface area contributed by atoms with Gasteiger partial charge in [-0.05, 0) is 37.2 Å². The molecule has 0 aromatic heterocycles. The van der Waals surface area contributed by atoms with E-state index < -0.39 is 0 Å². The average Bonchev–Trinajstić information content (AvgIpc) is 3.15. The van der Waals surface area contributed by atoms with Gasteiger partial charge in [-0.2, -0.15) is 0 Å². The first-order chi connectivity index (χ1) is 14.0. The van der Waals surface area contributed by atoms with Crippen LogP contribution in [0.15, 0.2) is 54.6 Å². The Kier molecular flexibility index (Phi) is 5.24. The molecule has 29 heavy (non-hydrogen) atoms. The second kappa shape index (κ2) is 7.83. The molecule has 2 heterocycles. The van der Waals surface area contributed by atoms with Gasteiger partial charge >= 0.3 is 6.03 Å². The molecule has 0 aliphatic carbocycles. The number of rotatable bonds is 3. The van der Waals surface area contributed by atoms with Crippen LogP contribution in [0.4, 0.5) is 14.9 Å². The van der Waals surface area contributed by atoms with Crippen molar-refractivity contribution in [3.63, 3.8) is 0 Å². The highest BCUT2D eigenvalue weighted by atomic mass is 19.1. The number of piperazine rings is 1. The van der Waals surface area contributed by atoms with Gasteiger partial charge in [-0.15, -0.1) is 0 Å². The quantitative estimate of drug-likeness (QED) is 0.867. The van der Waals surface area contributed by atoms with Crippen LogP contribution < -0.4 is 10.2 Å². The predicted octanol–water partition coefficient (Wildman–Crippen LogP) is 2.46. The molecule has 2 saturated heterocycles. The Bertz CT molecular complexity index is 907. The summed E-state index contributed by atoms with van der Waals surface area (Å²) >= 11 is 0. The molecule has 2 aliphatic heterocycles. The Morgan fingerprint density at radius 3 is 2.69 bits per heavy atom. The molecule has 0 bridgehead atoms. The van der Waals surface area contributed by atoms with Crippen LogP contribution in [-0.4, -0.2) is 60.5 Å². The molecule has 152 valence electrons. The number of hydrogen-bond donors (Lipinski definition) is 1. The van der Waals surface area contributed by atoms with Crippen LogP contribution >= 0.6 is 0 Å². The van der Waals surface area contributed by atoms with Crippen LogP contribution in [0.5, 0.6) is 0 Å². The summed E-state index contributed by atoms with van der Waals surface area (Å²) in [6.45, 7) is 2.32. The van der Waals surface area contributed by atoms with Gasteiger partial charge in [-0.3, -0.25) is 9.69 Å². The fourth-order valence-electron chi connectivity index (χ4n) is 4.19. The van der Waals surface area contributed by atoms with E-state index in [1.54, 1.807) is 21.9 Å². The zero-order valence-corrected chi connectivity index (χ0v) is 16.5. The van der Waals surface area contributed by atoms with Gasteiger partial charge < -0.3 is 15.1 Å². The number of benzene rings is 2. The van der Waals surface area contributed by atoms with Gasteiger partial charge in [0.15, 0.2) is 0 Å². The number of halogens is 1. The molecular weight excluding hydrogens is 371 g/mol. The zero-order valence-electron chi connectivity index (χ0n) is 16.5. The van der Waals surface area contributed by atoms with Crippen LogP contribution in [0, 0.1) is 5.82 Å². The topological polar surface area (TPSA) is 55.9 Å². The second-order valence-corrected chi connectivity index (χ2v) is 7.86.